The summed E-state index contributed by atoms with van der Waals surface area (Å²) < 4.78 is 10.3. The van der Waals surface area contributed by atoms with Gasteiger partial charge in [0.05, 0.1) is 11.5 Å². The van der Waals surface area contributed by atoms with E-state index in [1.165, 1.54) is 30.3 Å². The molecule has 1 fully saturated rings. The highest BCUT2D eigenvalue weighted by Crippen LogP contribution is 2.29. The Morgan fingerprint density at radius 2 is 1.81 bits per heavy atom. The predicted molar refractivity (Wildman–Crippen MR) is 101 cm³/mol. The van der Waals surface area contributed by atoms with Gasteiger partial charge >= 0.3 is 11.9 Å². The number of aliphatic hydroxyl groups is 1. The zero-order valence-corrected chi connectivity index (χ0v) is 15.7. The van der Waals surface area contributed by atoms with Gasteiger partial charge < -0.3 is 14.6 Å². The molecule has 0 radical (unpaired) electrons. The first kappa shape index (κ1) is 20.1. The number of carbonyl (C=O) groups excluding carboxylic acids is 2. The standard InChI is InChI=1S/C20H24O5S/c1-2-24-19(22)17(21)13-14-18(26-16-11-7-4-8-12-16)20(23)25-15-9-5-3-6-10-15/h4,7-8,11-15,21H,2-3,5-6,9-10H2,1H3/b17-13-,18-14-. The highest BCUT2D eigenvalue weighted by molar-refractivity contribution is 8.04. The lowest BCUT2D eigenvalue weighted by Crippen LogP contribution is -2.21. The topological polar surface area (TPSA) is 72.8 Å². The largest absolute Gasteiger partial charge is 0.502 e. The van der Waals surface area contributed by atoms with Gasteiger partial charge in [-0.2, -0.15) is 0 Å². The number of benzene rings is 1. The first-order valence-electron chi connectivity index (χ1n) is 8.82. The van der Waals surface area contributed by atoms with Crippen molar-refractivity contribution in [1.82, 2.24) is 0 Å². The lowest BCUT2D eigenvalue weighted by atomic mass is 9.98. The number of hydrogen-bond acceptors (Lipinski definition) is 6. The third-order valence-electron chi connectivity index (χ3n) is 3.88. The normalized spacial score (nSPS) is 16.2. The van der Waals surface area contributed by atoms with Crippen LogP contribution < -0.4 is 0 Å². The fraction of sp³-hybridized carbons (Fsp3) is 0.400. The summed E-state index contributed by atoms with van der Waals surface area (Å²) in [5.41, 5.74) is 0. The number of thioether (sulfide) groups is 1. The van der Waals surface area contributed by atoms with Gasteiger partial charge in [-0.15, -0.1) is 0 Å². The Hall–Kier alpha value is -2.21. The maximum absolute atomic E-state index is 12.6. The number of rotatable bonds is 7. The van der Waals surface area contributed by atoms with Gasteiger partial charge in [0, 0.05) is 4.90 Å². The summed E-state index contributed by atoms with van der Waals surface area (Å²) in [7, 11) is 0. The van der Waals surface area contributed by atoms with E-state index >= 15 is 0 Å². The highest BCUT2D eigenvalue weighted by atomic mass is 32.2. The second-order valence-corrected chi connectivity index (χ2v) is 7.00. The van der Waals surface area contributed by atoms with Crippen molar-refractivity contribution in [1.29, 1.82) is 0 Å². The zero-order chi connectivity index (χ0) is 18.8. The van der Waals surface area contributed by atoms with E-state index in [9.17, 15) is 14.7 Å². The quantitative estimate of drug-likeness (QED) is 0.248. The Morgan fingerprint density at radius 3 is 2.46 bits per heavy atom. The molecule has 1 aliphatic carbocycles. The van der Waals surface area contributed by atoms with Crippen molar-refractivity contribution >= 4 is 23.7 Å². The van der Waals surface area contributed by atoms with Crippen molar-refractivity contribution in [2.24, 2.45) is 0 Å². The molecule has 0 amide bonds. The summed E-state index contributed by atoms with van der Waals surface area (Å²) in [6, 6.07) is 9.39. The molecule has 1 N–H and O–H groups in total. The van der Waals surface area contributed by atoms with Crippen LogP contribution in [0.2, 0.25) is 0 Å². The van der Waals surface area contributed by atoms with E-state index in [0.29, 0.717) is 4.91 Å². The number of aliphatic hydroxyl groups excluding tert-OH is 1. The fourth-order valence-electron chi connectivity index (χ4n) is 2.58. The Bertz CT molecular complexity index is 660. The van der Waals surface area contributed by atoms with Crippen molar-refractivity contribution in [3.63, 3.8) is 0 Å². The van der Waals surface area contributed by atoms with E-state index in [1.807, 2.05) is 30.3 Å². The zero-order valence-electron chi connectivity index (χ0n) is 14.8. The first-order chi connectivity index (χ1) is 12.6. The van der Waals surface area contributed by atoms with E-state index in [4.69, 9.17) is 9.47 Å². The van der Waals surface area contributed by atoms with Gasteiger partial charge in [0.15, 0.2) is 0 Å². The average molecular weight is 376 g/mol. The number of hydrogen-bond donors (Lipinski definition) is 1. The van der Waals surface area contributed by atoms with Gasteiger partial charge in [0.25, 0.3) is 0 Å². The van der Waals surface area contributed by atoms with Crippen molar-refractivity contribution < 1.29 is 24.2 Å². The minimum absolute atomic E-state index is 0.0707. The van der Waals surface area contributed by atoms with Gasteiger partial charge in [0.1, 0.15) is 6.10 Å². The second-order valence-electron chi connectivity index (χ2n) is 5.88. The molecule has 0 atom stereocenters. The third-order valence-corrected chi connectivity index (χ3v) is 4.91. The molecule has 0 bridgehead atoms. The lowest BCUT2D eigenvalue weighted by molar-refractivity contribution is -0.145. The smallest absolute Gasteiger partial charge is 0.373 e. The van der Waals surface area contributed by atoms with Crippen LogP contribution in [0.5, 0.6) is 0 Å². The molecule has 1 saturated carbocycles. The molecule has 0 saturated heterocycles. The van der Waals surface area contributed by atoms with Crippen LogP contribution in [0.3, 0.4) is 0 Å². The van der Waals surface area contributed by atoms with Crippen LogP contribution in [-0.2, 0) is 19.1 Å². The molecule has 26 heavy (non-hydrogen) atoms. The van der Waals surface area contributed by atoms with E-state index < -0.39 is 17.7 Å². The highest BCUT2D eigenvalue weighted by Gasteiger charge is 2.21. The molecule has 5 nitrogen and oxygen atoms in total. The SMILES string of the molecule is CCOC(=O)/C(O)=C/C=C(\Sc1ccccc1)C(=O)OC1CCCCC1. The second kappa shape index (κ2) is 10.7. The molecule has 1 aromatic rings. The molecule has 0 spiro atoms. The van der Waals surface area contributed by atoms with E-state index in [2.05, 4.69) is 0 Å². The summed E-state index contributed by atoms with van der Waals surface area (Å²) in [5, 5.41) is 9.75. The minimum atomic E-state index is -0.826. The summed E-state index contributed by atoms with van der Waals surface area (Å²) >= 11 is 1.23. The Kier molecular flexibility index (Phi) is 8.28. The van der Waals surface area contributed by atoms with Crippen LogP contribution in [0, 0.1) is 0 Å². The summed E-state index contributed by atoms with van der Waals surface area (Å²) in [5.74, 6) is -1.82. The van der Waals surface area contributed by atoms with Gasteiger partial charge in [-0.25, -0.2) is 9.59 Å². The van der Waals surface area contributed by atoms with Gasteiger partial charge in [0.2, 0.25) is 5.76 Å². The number of esters is 2. The van der Waals surface area contributed by atoms with Crippen LogP contribution in [0.1, 0.15) is 39.0 Å². The molecule has 0 aliphatic heterocycles. The molecular formula is C20H24O5S. The number of ether oxygens (including phenoxy) is 2. The van der Waals surface area contributed by atoms with Crippen LogP contribution in [0.4, 0.5) is 0 Å². The summed E-state index contributed by atoms with van der Waals surface area (Å²) in [6.07, 6.45) is 7.54. The predicted octanol–water partition coefficient (Wildman–Crippen LogP) is 4.54. The molecule has 0 aromatic heterocycles. The molecule has 0 unspecified atom stereocenters. The molecule has 6 heteroatoms. The van der Waals surface area contributed by atoms with Crippen molar-refractivity contribution in [2.75, 3.05) is 6.61 Å². The maximum Gasteiger partial charge on any atom is 0.373 e. The number of allylic oxidation sites excluding steroid dienone is 2. The average Bonchev–Trinajstić information content (AvgIpc) is 2.66. The van der Waals surface area contributed by atoms with Crippen LogP contribution in [0.15, 0.2) is 58.0 Å². The number of carbonyl (C=O) groups is 2. The van der Waals surface area contributed by atoms with E-state index in [0.717, 1.165) is 30.6 Å². The molecular weight excluding hydrogens is 352 g/mol. The van der Waals surface area contributed by atoms with Gasteiger partial charge in [-0.3, -0.25) is 0 Å². The summed E-state index contributed by atoms with van der Waals surface area (Å²) in [6.45, 7) is 1.81. The lowest BCUT2D eigenvalue weighted by Gasteiger charge is -2.22. The minimum Gasteiger partial charge on any atom is -0.502 e. The Labute approximate surface area is 158 Å². The maximum atomic E-state index is 12.6. The Balaban J connectivity index is 2.14. The molecule has 2 rings (SSSR count). The fourth-order valence-corrected chi connectivity index (χ4v) is 3.39. The van der Waals surface area contributed by atoms with Crippen LogP contribution in [0.25, 0.3) is 0 Å². The first-order valence-corrected chi connectivity index (χ1v) is 9.63. The monoisotopic (exact) mass is 376 g/mol. The van der Waals surface area contributed by atoms with Crippen LogP contribution >= 0.6 is 11.8 Å². The third kappa shape index (κ3) is 6.59. The van der Waals surface area contributed by atoms with Crippen molar-refractivity contribution in [3.05, 3.63) is 53.1 Å². The molecule has 1 aliphatic rings. The van der Waals surface area contributed by atoms with Gasteiger partial charge in [-0.1, -0.05) is 36.4 Å². The Morgan fingerprint density at radius 1 is 1.12 bits per heavy atom. The van der Waals surface area contributed by atoms with E-state index in [-0.39, 0.29) is 12.7 Å². The molecule has 140 valence electrons. The van der Waals surface area contributed by atoms with E-state index in [1.54, 1.807) is 6.92 Å². The summed E-state index contributed by atoms with van der Waals surface area (Å²) in [4.78, 5) is 25.3. The van der Waals surface area contributed by atoms with Crippen molar-refractivity contribution in [2.45, 2.75) is 50.0 Å². The molecule has 1 aromatic carbocycles. The van der Waals surface area contributed by atoms with Crippen molar-refractivity contribution in [3.8, 4) is 0 Å². The molecule has 0 heterocycles. The van der Waals surface area contributed by atoms with Gasteiger partial charge in [-0.05, 0) is 56.9 Å². The van der Waals surface area contributed by atoms with Crippen LogP contribution in [-0.4, -0.2) is 29.8 Å².